The molecule has 1 amide bonds. The van der Waals surface area contributed by atoms with E-state index in [1.54, 1.807) is 17.6 Å². The van der Waals surface area contributed by atoms with Gasteiger partial charge in [0.05, 0.1) is 5.39 Å². The topological polar surface area (TPSA) is 90.3 Å². The van der Waals surface area contributed by atoms with Gasteiger partial charge in [-0.15, -0.1) is 11.3 Å². The number of benzene rings is 1. The van der Waals surface area contributed by atoms with E-state index in [0.29, 0.717) is 32.9 Å². The van der Waals surface area contributed by atoms with E-state index in [4.69, 9.17) is 4.74 Å². The third kappa shape index (κ3) is 3.55. The summed E-state index contributed by atoms with van der Waals surface area (Å²) in [4.78, 5) is 42.8. The second-order valence-electron chi connectivity index (χ2n) is 7.25. The molecule has 0 atom stereocenters. The van der Waals surface area contributed by atoms with Crippen LogP contribution in [-0.2, 0) is 22.5 Å². The van der Waals surface area contributed by atoms with Gasteiger partial charge in [-0.3, -0.25) is 14.2 Å². The van der Waals surface area contributed by atoms with Gasteiger partial charge in [0.15, 0.2) is 6.61 Å². The molecule has 1 aromatic carbocycles. The first-order chi connectivity index (χ1) is 13.8. The number of nitrogens with one attached hydrogen (secondary N) is 1. The smallest absolute Gasteiger partial charge is 0.349 e. The summed E-state index contributed by atoms with van der Waals surface area (Å²) < 4.78 is 6.86. The van der Waals surface area contributed by atoms with Crippen LogP contribution in [0, 0.1) is 20.8 Å². The third-order valence-electron chi connectivity index (χ3n) is 5.22. The second-order valence-corrected chi connectivity index (χ2v) is 8.25. The van der Waals surface area contributed by atoms with Crippen LogP contribution in [0.4, 0.5) is 5.69 Å². The van der Waals surface area contributed by atoms with Crippen LogP contribution in [0.25, 0.3) is 10.2 Å². The van der Waals surface area contributed by atoms with Crippen LogP contribution < -0.4 is 10.9 Å². The molecule has 1 aliphatic rings. The Kier molecular flexibility index (Phi) is 4.96. The van der Waals surface area contributed by atoms with Crippen molar-refractivity contribution >= 4 is 39.1 Å². The van der Waals surface area contributed by atoms with Gasteiger partial charge in [0.25, 0.3) is 11.5 Å². The summed E-state index contributed by atoms with van der Waals surface area (Å²) in [5, 5.41) is 3.18. The highest BCUT2D eigenvalue weighted by atomic mass is 32.1. The number of ether oxygens (including phenoxy) is 1. The van der Waals surface area contributed by atoms with Crippen LogP contribution in [0.3, 0.4) is 0 Å². The van der Waals surface area contributed by atoms with Gasteiger partial charge >= 0.3 is 5.97 Å². The normalized spacial score (nSPS) is 12.8. The fraction of sp³-hybridized carbons (Fsp3) is 0.333. The Morgan fingerprint density at radius 2 is 2.03 bits per heavy atom. The molecular formula is C21H21N3O4S. The van der Waals surface area contributed by atoms with Crippen molar-refractivity contribution < 1.29 is 14.3 Å². The van der Waals surface area contributed by atoms with Gasteiger partial charge in [-0.05, 0) is 56.0 Å². The number of carbonyl (C=O) groups is 2. The average molecular weight is 411 g/mol. The minimum atomic E-state index is -0.620. The molecule has 0 saturated heterocycles. The monoisotopic (exact) mass is 411 g/mol. The number of fused-ring (bicyclic) bond motifs is 2. The second kappa shape index (κ2) is 7.44. The number of esters is 1. The predicted octanol–water partition coefficient (Wildman–Crippen LogP) is 3.12. The van der Waals surface area contributed by atoms with Crippen molar-refractivity contribution in [2.45, 2.75) is 40.2 Å². The van der Waals surface area contributed by atoms with Crippen LogP contribution in [0.15, 0.2) is 23.0 Å². The molecule has 0 aliphatic carbocycles. The van der Waals surface area contributed by atoms with Gasteiger partial charge in [0, 0.05) is 18.7 Å². The average Bonchev–Trinajstić information content (AvgIpc) is 3.28. The van der Waals surface area contributed by atoms with Gasteiger partial charge in [-0.1, -0.05) is 6.07 Å². The van der Waals surface area contributed by atoms with Crippen LogP contribution in [-0.4, -0.2) is 28.0 Å². The Morgan fingerprint density at radius 3 is 2.79 bits per heavy atom. The fourth-order valence-corrected chi connectivity index (χ4v) is 4.57. The molecule has 2 aromatic heterocycles. The number of rotatable bonds is 4. The largest absolute Gasteiger partial charge is 0.451 e. The van der Waals surface area contributed by atoms with Crippen molar-refractivity contribution in [3.05, 3.63) is 55.9 Å². The van der Waals surface area contributed by atoms with E-state index >= 15 is 0 Å². The minimum Gasteiger partial charge on any atom is -0.451 e. The molecular weight excluding hydrogens is 390 g/mol. The Bertz CT molecular complexity index is 1210. The molecule has 4 rings (SSSR count). The Balaban J connectivity index is 1.48. The van der Waals surface area contributed by atoms with E-state index in [-0.39, 0.29) is 5.56 Å². The number of carbonyl (C=O) groups excluding carboxylic acids is 2. The zero-order chi connectivity index (χ0) is 20.7. The lowest BCUT2D eigenvalue weighted by atomic mass is 10.1. The first kappa shape index (κ1) is 19.3. The lowest BCUT2D eigenvalue weighted by Gasteiger charge is -2.08. The van der Waals surface area contributed by atoms with E-state index in [1.165, 1.54) is 0 Å². The zero-order valence-electron chi connectivity index (χ0n) is 16.5. The quantitative estimate of drug-likeness (QED) is 0.666. The molecule has 0 unspecified atom stereocenters. The van der Waals surface area contributed by atoms with Gasteiger partial charge in [0.1, 0.15) is 15.5 Å². The number of thiophene rings is 1. The molecule has 1 N–H and O–H groups in total. The number of amides is 1. The highest BCUT2D eigenvalue weighted by Crippen LogP contribution is 2.29. The molecule has 0 radical (unpaired) electrons. The van der Waals surface area contributed by atoms with Crippen molar-refractivity contribution in [2.24, 2.45) is 0 Å². The molecule has 3 heterocycles. The van der Waals surface area contributed by atoms with E-state index < -0.39 is 18.5 Å². The number of hydrogen-bond acceptors (Lipinski definition) is 6. The van der Waals surface area contributed by atoms with Crippen molar-refractivity contribution in [1.82, 2.24) is 9.55 Å². The zero-order valence-corrected chi connectivity index (χ0v) is 17.3. The fourth-order valence-electron chi connectivity index (χ4n) is 3.48. The molecule has 150 valence electrons. The summed E-state index contributed by atoms with van der Waals surface area (Å²) in [5.74, 6) is -0.278. The first-order valence-corrected chi connectivity index (χ1v) is 10.2. The molecule has 7 nitrogen and oxygen atoms in total. The molecule has 0 bridgehead atoms. The van der Waals surface area contributed by atoms with Crippen molar-refractivity contribution in [3.8, 4) is 0 Å². The standard InChI is InChI=1S/C21H21N3O4S/c1-11-6-7-14(9-12(11)2)22-16(25)10-28-21(27)18-13(3)17-19(29-18)23-15-5-4-8-24(15)20(17)26/h6-7,9H,4-5,8,10H2,1-3H3,(H,22,25). The summed E-state index contributed by atoms with van der Waals surface area (Å²) in [6.07, 6.45) is 1.67. The van der Waals surface area contributed by atoms with Gasteiger partial charge in [0.2, 0.25) is 0 Å². The summed E-state index contributed by atoms with van der Waals surface area (Å²) >= 11 is 1.14. The SMILES string of the molecule is Cc1ccc(NC(=O)COC(=O)c2sc3nc4n(c(=O)c3c2C)CCC4)cc1C. The maximum atomic E-state index is 12.7. The maximum Gasteiger partial charge on any atom is 0.349 e. The van der Waals surface area contributed by atoms with Crippen LogP contribution in [0.1, 0.15) is 38.6 Å². The van der Waals surface area contributed by atoms with Gasteiger partial charge in [-0.2, -0.15) is 0 Å². The number of aromatic nitrogens is 2. The molecule has 8 heteroatoms. The molecule has 1 aliphatic heterocycles. The van der Waals surface area contributed by atoms with Gasteiger partial charge < -0.3 is 10.1 Å². The third-order valence-corrected chi connectivity index (χ3v) is 6.39. The summed E-state index contributed by atoms with van der Waals surface area (Å²) in [6, 6.07) is 5.58. The minimum absolute atomic E-state index is 0.109. The number of anilines is 1. The molecule has 0 saturated carbocycles. The molecule has 29 heavy (non-hydrogen) atoms. The lowest BCUT2D eigenvalue weighted by Crippen LogP contribution is -2.21. The number of hydrogen-bond donors (Lipinski definition) is 1. The lowest BCUT2D eigenvalue weighted by molar-refractivity contribution is -0.119. The molecule has 0 fully saturated rings. The maximum absolute atomic E-state index is 12.7. The summed E-state index contributed by atoms with van der Waals surface area (Å²) in [7, 11) is 0. The van der Waals surface area contributed by atoms with Crippen LogP contribution >= 0.6 is 11.3 Å². The highest BCUT2D eigenvalue weighted by Gasteiger charge is 2.24. The van der Waals surface area contributed by atoms with E-state index in [2.05, 4.69) is 10.3 Å². The molecule has 0 spiro atoms. The van der Waals surface area contributed by atoms with E-state index in [0.717, 1.165) is 41.1 Å². The number of nitrogens with zero attached hydrogens (tertiary/aromatic N) is 2. The number of aryl methyl sites for hydroxylation is 4. The Morgan fingerprint density at radius 1 is 1.24 bits per heavy atom. The van der Waals surface area contributed by atoms with Crippen LogP contribution in [0.2, 0.25) is 0 Å². The predicted molar refractivity (Wildman–Crippen MR) is 112 cm³/mol. The summed E-state index contributed by atoms with van der Waals surface area (Å²) in [5.41, 5.74) is 3.29. The molecule has 3 aromatic rings. The Labute approximate surface area is 171 Å². The highest BCUT2D eigenvalue weighted by molar-refractivity contribution is 7.20. The Hall–Kier alpha value is -3.00. The van der Waals surface area contributed by atoms with Gasteiger partial charge in [-0.25, -0.2) is 9.78 Å². The van der Waals surface area contributed by atoms with E-state index in [9.17, 15) is 14.4 Å². The van der Waals surface area contributed by atoms with Crippen molar-refractivity contribution in [3.63, 3.8) is 0 Å². The van der Waals surface area contributed by atoms with Crippen LogP contribution in [0.5, 0.6) is 0 Å². The first-order valence-electron chi connectivity index (χ1n) is 9.42. The van der Waals surface area contributed by atoms with E-state index in [1.807, 2.05) is 26.0 Å². The van der Waals surface area contributed by atoms with Crippen molar-refractivity contribution in [2.75, 3.05) is 11.9 Å². The van der Waals surface area contributed by atoms with Crippen molar-refractivity contribution in [1.29, 1.82) is 0 Å². The summed E-state index contributed by atoms with van der Waals surface area (Å²) in [6.45, 7) is 5.93.